The van der Waals surface area contributed by atoms with Gasteiger partial charge in [-0.15, -0.1) is 5.10 Å². The van der Waals surface area contributed by atoms with Crippen LogP contribution in [-0.2, 0) is 24.1 Å². The molecular formula is C21H18F3N5O3. The van der Waals surface area contributed by atoms with E-state index in [4.69, 9.17) is 0 Å². The smallest absolute Gasteiger partial charge is 0.324 e. The fraction of sp³-hybridized carbons (Fsp3) is 0.238. The Hall–Kier alpha value is -3.89. The Bertz CT molecular complexity index is 1280. The van der Waals surface area contributed by atoms with Crippen molar-refractivity contribution in [2.24, 2.45) is 0 Å². The van der Waals surface area contributed by atoms with Gasteiger partial charge in [-0.3, -0.25) is 19.0 Å². The van der Waals surface area contributed by atoms with Crippen molar-refractivity contribution >= 4 is 23.2 Å². The van der Waals surface area contributed by atoms with E-state index >= 15 is 0 Å². The number of hydrogen-bond acceptors (Lipinski definition) is 5. The van der Waals surface area contributed by atoms with Gasteiger partial charge in [-0.05, 0) is 43.3 Å². The summed E-state index contributed by atoms with van der Waals surface area (Å²) in [6.45, 7) is 2.09. The highest BCUT2D eigenvalue weighted by Crippen LogP contribution is 2.30. The number of fused-ring (bicyclic) bond motifs is 1. The van der Waals surface area contributed by atoms with E-state index in [1.165, 1.54) is 4.57 Å². The highest BCUT2D eigenvalue weighted by Gasteiger charge is 2.30. The zero-order valence-electron chi connectivity index (χ0n) is 16.9. The van der Waals surface area contributed by atoms with E-state index in [9.17, 15) is 27.6 Å². The largest absolute Gasteiger partial charge is 0.416 e. The molecule has 1 aromatic heterocycles. The van der Waals surface area contributed by atoms with Crippen LogP contribution in [0.4, 0.5) is 30.5 Å². The van der Waals surface area contributed by atoms with Crippen LogP contribution in [0.2, 0.25) is 0 Å². The first-order valence-electron chi connectivity index (χ1n) is 9.67. The Morgan fingerprint density at radius 3 is 2.28 bits per heavy atom. The number of carbonyl (C=O) groups excluding carboxylic acids is 1. The number of anilines is 3. The first-order chi connectivity index (χ1) is 15.1. The maximum atomic E-state index is 12.7. The van der Waals surface area contributed by atoms with Gasteiger partial charge in [0.2, 0.25) is 11.9 Å². The van der Waals surface area contributed by atoms with Gasteiger partial charge in [0.05, 0.1) is 5.56 Å². The number of nitrogens with one attached hydrogen (secondary N) is 1. The van der Waals surface area contributed by atoms with Crippen molar-refractivity contribution in [3.63, 3.8) is 0 Å². The van der Waals surface area contributed by atoms with E-state index in [0.29, 0.717) is 6.54 Å². The van der Waals surface area contributed by atoms with Crippen LogP contribution in [0.1, 0.15) is 11.1 Å². The van der Waals surface area contributed by atoms with Crippen molar-refractivity contribution in [3.8, 4) is 0 Å². The van der Waals surface area contributed by atoms with Crippen LogP contribution in [-0.4, -0.2) is 26.8 Å². The molecule has 0 saturated heterocycles. The molecule has 0 saturated carbocycles. The molecule has 1 aliphatic heterocycles. The summed E-state index contributed by atoms with van der Waals surface area (Å²) in [6.07, 6.45) is -4.49. The molecule has 0 aliphatic carbocycles. The standard InChI is InChI=1S/C21H18F3N5O3/c1-13-2-8-16(9-3-13)27-10-11-28-18(31)19(32)29(26-20(27)28)12-17(30)25-15-6-4-14(5-7-15)21(22,23)24/h2-9H,10-12H2,1H3,(H,25,30). The Labute approximate surface area is 179 Å². The minimum Gasteiger partial charge on any atom is -0.324 e. The third kappa shape index (κ3) is 4.13. The van der Waals surface area contributed by atoms with Crippen LogP contribution in [0.15, 0.2) is 58.1 Å². The quantitative estimate of drug-likeness (QED) is 0.624. The first kappa shape index (κ1) is 21.3. The average Bonchev–Trinajstić information content (AvgIpc) is 3.16. The Kier molecular flexibility index (Phi) is 5.33. The summed E-state index contributed by atoms with van der Waals surface area (Å²) in [5, 5.41) is 6.61. The maximum absolute atomic E-state index is 12.7. The number of halogens is 3. The van der Waals surface area contributed by atoms with Crippen LogP contribution < -0.4 is 21.3 Å². The molecule has 2 aromatic carbocycles. The predicted octanol–water partition coefficient (Wildman–Crippen LogP) is 2.52. The lowest BCUT2D eigenvalue weighted by Crippen LogP contribution is -2.44. The minimum atomic E-state index is -4.49. The van der Waals surface area contributed by atoms with Gasteiger partial charge in [-0.2, -0.15) is 13.2 Å². The second-order valence-electron chi connectivity index (χ2n) is 7.33. The number of rotatable bonds is 4. The molecule has 166 valence electrons. The van der Waals surface area contributed by atoms with E-state index in [1.54, 1.807) is 4.90 Å². The second kappa shape index (κ2) is 7.98. The lowest BCUT2D eigenvalue weighted by atomic mass is 10.2. The molecule has 3 aromatic rings. The van der Waals surface area contributed by atoms with Gasteiger partial charge in [0.15, 0.2) is 0 Å². The number of aryl methyl sites for hydroxylation is 1. The van der Waals surface area contributed by atoms with Crippen molar-refractivity contribution < 1.29 is 18.0 Å². The van der Waals surface area contributed by atoms with Gasteiger partial charge in [-0.1, -0.05) is 17.7 Å². The summed E-state index contributed by atoms with van der Waals surface area (Å²) < 4.78 is 40.0. The molecule has 0 bridgehead atoms. The number of hydrogen-bond donors (Lipinski definition) is 1. The topological polar surface area (TPSA) is 89.2 Å². The molecule has 0 atom stereocenters. The van der Waals surface area contributed by atoms with Crippen LogP contribution in [0, 0.1) is 6.92 Å². The second-order valence-corrected chi connectivity index (χ2v) is 7.33. The molecule has 1 N–H and O–H groups in total. The highest BCUT2D eigenvalue weighted by molar-refractivity contribution is 5.90. The SMILES string of the molecule is Cc1ccc(N2CCn3c2nn(CC(=O)Nc2ccc(C(F)(F)F)cc2)c(=O)c3=O)cc1. The third-order valence-electron chi connectivity index (χ3n) is 5.04. The van der Waals surface area contributed by atoms with Gasteiger partial charge in [0, 0.05) is 24.5 Å². The molecule has 11 heteroatoms. The van der Waals surface area contributed by atoms with Gasteiger partial charge >= 0.3 is 17.3 Å². The highest BCUT2D eigenvalue weighted by atomic mass is 19.4. The molecule has 32 heavy (non-hydrogen) atoms. The Balaban J connectivity index is 1.57. The zero-order chi connectivity index (χ0) is 23.0. The van der Waals surface area contributed by atoms with E-state index in [1.807, 2.05) is 31.2 Å². The van der Waals surface area contributed by atoms with Crippen molar-refractivity contribution in [1.82, 2.24) is 14.3 Å². The number of amides is 1. The number of aromatic nitrogens is 3. The van der Waals surface area contributed by atoms with Crippen molar-refractivity contribution in [1.29, 1.82) is 0 Å². The van der Waals surface area contributed by atoms with Crippen LogP contribution in [0.3, 0.4) is 0 Å². The van der Waals surface area contributed by atoms with Crippen LogP contribution in [0.25, 0.3) is 0 Å². The van der Waals surface area contributed by atoms with Gasteiger partial charge in [0.25, 0.3) is 0 Å². The fourth-order valence-electron chi connectivity index (χ4n) is 3.38. The van der Waals surface area contributed by atoms with Crippen molar-refractivity contribution in [3.05, 3.63) is 80.4 Å². The molecule has 2 heterocycles. The molecule has 0 fully saturated rings. The van der Waals surface area contributed by atoms with E-state index in [2.05, 4.69) is 10.4 Å². The van der Waals surface area contributed by atoms with Gasteiger partial charge < -0.3 is 10.2 Å². The van der Waals surface area contributed by atoms with Gasteiger partial charge in [-0.25, -0.2) is 4.68 Å². The van der Waals surface area contributed by atoms with E-state index < -0.39 is 35.3 Å². The van der Waals surface area contributed by atoms with Crippen LogP contribution in [0.5, 0.6) is 0 Å². The van der Waals surface area contributed by atoms with Crippen LogP contribution >= 0.6 is 0 Å². The lowest BCUT2D eigenvalue weighted by molar-refractivity contribution is -0.137. The fourth-order valence-corrected chi connectivity index (χ4v) is 3.38. The molecule has 0 unspecified atom stereocenters. The van der Waals surface area contributed by atoms with Gasteiger partial charge in [0.1, 0.15) is 6.54 Å². The first-order valence-corrected chi connectivity index (χ1v) is 9.67. The summed E-state index contributed by atoms with van der Waals surface area (Å²) in [7, 11) is 0. The molecule has 4 rings (SSSR count). The summed E-state index contributed by atoms with van der Waals surface area (Å²) in [5.41, 5.74) is -0.642. The number of alkyl halides is 3. The molecule has 1 aliphatic rings. The summed E-state index contributed by atoms with van der Waals surface area (Å²) in [5.74, 6) is -0.468. The normalized spacial score (nSPS) is 13.2. The number of nitrogens with zero attached hydrogens (tertiary/aromatic N) is 4. The third-order valence-corrected chi connectivity index (χ3v) is 5.04. The summed E-state index contributed by atoms with van der Waals surface area (Å²) in [4.78, 5) is 39.0. The lowest BCUT2D eigenvalue weighted by Gasteiger charge is -2.18. The number of carbonyl (C=O) groups is 1. The molecule has 0 radical (unpaired) electrons. The van der Waals surface area contributed by atoms with Crippen molar-refractivity contribution in [2.45, 2.75) is 26.2 Å². The van der Waals surface area contributed by atoms with E-state index in [0.717, 1.165) is 40.2 Å². The molecular weight excluding hydrogens is 427 g/mol. The Morgan fingerprint density at radius 1 is 1.00 bits per heavy atom. The zero-order valence-corrected chi connectivity index (χ0v) is 16.9. The molecule has 8 nitrogen and oxygen atoms in total. The summed E-state index contributed by atoms with van der Waals surface area (Å²) in [6, 6.07) is 11.4. The monoisotopic (exact) mass is 445 g/mol. The minimum absolute atomic E-state index is 0.121. The summed E-state index contributed by atoms with van der Waals surface area (Å²) >= 11 is 0. The maximum Gasteiger partial charge on any atom is 0.416 e. The predicted molar refractivity (Wildman–Crippen MR) is 111 cm³/mol. The van der Waals surface area contributed by atoms with Crippen molar-refractivity contribution in [2.75, 3.05) is 16.8 Å². The average molecular weight is 445 g/mol. The molecule has 0 spiro atoms. The Morgan fingerprint density at radius 2 is 1.66 bits per heavy atom. The van der Waals surface area contributed by atoms with E-state index in [-0.39, 0.29) is 18.2 Å². The molecule has 1 amide bonds. The number of benzene rings is 2.